The molecule has 1 heterocycles. The molecule has 0 aliphatic rings. The maximum atomic E-state index is 13.0. The molecule has 0 bridgehead atoms. The van der Waals surface area contributed by atoms with Gasteiger partial charge >= 0.3 is 0 Å². The third-order valence-electron chi connectivity index (χ3n) is 3.06. The normalized spacial score (nSPS) is 10.6. The Kier molecular flexibility index (Phi) is 2.88. The fraction of sp³-hybridized carbons (Fsp3) is 0.0625. The maximum Gasteiger partial charge on any atom is 0.144 e. The number of aryl methyl sites for hydroxylation is 1. The van der Waals surface area contributed by atoms with E-state index in [4.69, 9.17) is 0 Å². The van der Waals surface area contributed by atoms with Gasteiger partial charge in [-0.2, -0.15) is 0 Å². The van der Waals surface area contributed by atoms with Crippen LogP contribution in [0.3, 0.4) is 0 Å². The second kappa shape index (κ2) is 4.69. The third kappa shape index (κ3) is 2.27. The maximum absolute atomic E-state index is 13.0. The van der Waals surface area contributed by atoms with Gasteiger partial charge in [0, 0.05) is 23.6 Å². The first-order chi connectivity index (χ1) is 9.24. The van der Waals surface area contributed by atoms with Crippen LogP contribution >= 0.6 is 0 Å². The summed E-state index contributed by atoms with van der Waals surface area (Å²) < 4.78 is 14.9. The van der Waals surface area contributed by atoms with Crippen molar-refractivity contribution in [2.45, 2.75) is 6.92 Å². The number of nitrogens with zero attached hydrogens (tertiary/aromatic N) is 2. The van der Waals surface area contributed by atoms with Crippen LogP contribution in [0.25, 0.3) is 17.1 Å². The first kappa shape index (κ1) is 11.7. The van der Waals surface area contributed by atoms with E-state index in [1.807, 2.05) is 22.9 Å². The zero-order valence-corrected chi connectivity index (χ0v) is 10.5. The molecule has 3 heteroatoms. The van der Waals surface area contributed by atoms with Gasteiger partial charge in [0.1, 0.15) is 11.6 Å². The van der Waals surface area contributed by atoms with E-state index in [1.54, 1.807) is 18.3 Å². The number of aromatic nitrogens is 2. The summed E-state index contributed by atoms with van der Waals surface area (Å²) in [5, 5.41) is 0. The van der Waals surface area contributed by atoms with Crippen molar-refractivity contribution in [1.29, 1.82) is 0 Å². The molecule has 0 unspecified atom stereocenters. The van der Waals surface area contributed by atoms with Crippen molar-refractivity contribution in [3.8, 4) is 17.1 Å². The Bertz CT molecular complexity index is 622. The van der Waals surface area contributed by atoms with Crippen LogP contribution < -0.4 is 0 Å². The van der Waals surface area contributed by atoms with Crippen LogP contribution in [-0.4, -0.2) is 9.55 Å². The summed E-state index contributed by atoms with van der Waals surface area (Å²) in [6.45, 7) is 2.05. The predicted molar refractivity (Wildman–Crippen MR) is 73.7 cm³/mol. The fourth-order valence-corrected chi connectivity index (χ4v) is 2.03. The highest BCUT2D eigenvalue weighted by Crippen LogP contribution is 2.21. The Morgan fingerprint density at radius 1 is 0.947 bits per heavy atom. The summed E-state index contributed by atoms with van der Waals surface area (Å²) in [5.41, 5.74) is 3.15. The van der Waals surface area contributed by atoms with E-state index >= 15 is 0 Å². The highest BCUT2D eigenvalue weighted by Gasteiger charge is 2.07. The fourth-order valence-electron chi connectivity index (χ4n) is 2.03. The molecular weight excluding hydrogens is 239 g/mol. The van der Waals surface area contributed by atoms with Gasteiger partial charge in [-0.15, -0.1) is 0 Å². The molecule has 0 spiro atoms. The van der Waals surface area contributed by atoms with Crippen LogP contribution in [0.1, 0.15) is 5.56 Å². The molecule has 2 aromatic carbocycles. The molecule has 0 radical (unpaired) electrons. The average Bonchev–Trinajstić information content (AvgIpc) is 2.90. The SMILES string of the molecule is Cc1ccc(-c2nccn2-c2ccc(F)cc2)cc1. The molecule has 0 N–H and O–H groups in total. The zero-order valence-electron chi connectivity index (χ0n) is 10.5. The standard InChI is InChI=1S/C16H13FN2/c1-12-2-4-13(5-3-12)16-18-10-11-19(16)15-8-6-14(17)7-9-15/h2-11H,1H3. The van der Waals surface area contributed by atoms with Gasteiger partial charge in [-0.3, -0.25) is 4.57 Å². The van der Waals surface area contributed by atoms with Gasteiger partial charge in [-0.25, -0.2) is 9.37 Å². The number of rotatable bonds is 2. The summed E-state index contributed by atoms with van der Waals surface area (Å²) in [6, 6.07) is 14.6. The van der Waals surface area contributed by atoms with Gasteiger partial charge in [-0.1, -0.05) is 29.8 Å². The van der Waals surface area contributed by atoms with E-state index in [0.29, 0.717) is 0 Å². The van der Waals surface area contributed by atoms with Crippen molar-refractivity contribution in [3.63, 3.8) is 0 Å². The van der Waals surface area contributed by atoms with Gasteiger partial charge in [-0.05, 0) is 31.2 Å². The van der Waals surface area contributed by atoms with Crippen LogP contribution in [0.5, 0.6) is 0 Å². The lowest BCUT2D eigenvalue weighted by Gasteiger charge is -2.08. The largest absolute Gasteiger partial charge is 0.300 e. The van der Waals surface area contributed by atoms with Crippen molar-refractivity contribution in [2.75, 3.05) is 0 Å². The van der Waals surface area contributed by atoms with Crippen LogP contribution in [0.15, 0.2) is 60.9 Å². The van der Waals surface area contributed by atoms with Gasteiger partial charge in [0.25, 0.3) is 0 Å². The number of halogens is 1. The smallest absolute Gasteiger partial charge is 0.144 e. The van der Waals surface area contributed by atoms with E-state index in [-0.39, 0.29) is 5.82 Å². The van der Waals surface area contributed by atoms with Gasteiger partial charge in [0.05, 0.1) is 0 Å². The first-order valence-electron chi connectivity index (χ1n) is 6.10. The molecular formula is C16H13FN2. The van der Waals surface area contributed by atoms with Crippen molar-refractivity contribution in [1.82, 2.24) is 9.55 Å². The van der Waals surface area contributed by atoms with Gasteiger partial charge < -0.3 is 0 Å². The Labute approximate surface area is 111 Å². The molecule has 19 heavy (non-hydrogen) atoms. The third-order valence-corrected chi connectivity index (χ3v) is 3.06. The highest BCUT2D eigenvalue weighted by molar-refractivity contribution is 5.59. The molecule has 0 amide bonds. The average molecular weight is 252 g/mol. The summed E-state index contributed by atoms with van der Waals surface area (Å²) in [4.78, 5) is 4.38. The molecule has 0 saturated heterocycles. The van der Waals surface area contributed by atoms with Crippen molar-refractivity contribution in [3.05, 3.63) is 72.3 Å². The van der Waals surface area contributed by atoms with Crippen molar-refractivity contribution >= 4 is 0 Å². The van der Waals surface area contributed by atoms with Crippen LogP contribution in [0, 0.1) is 12.7 Å². The number of imidazole rings is 1. The van der Waals surface area contributed by atoms with E-state index < -0.39 is 0 Å². The van der Waals surface area contributed by atoms with E-state index in [9.17, 15) is 4.39 Å². The minimum Gasteiger partial charge on any atom is -0.300 e. The predicted octanol–water partition coefficient (Wildman–Crippen LogP) is 3.99. The van der Waals surface area contributed by atoms with Gasteiger partial charge in [0.2, 0.25) is 0 Å². The number of benzene rings is 2. The lowest BCUT2D eigenvalue weighted by Crippen LogP contribution is -1.96. The number of hydrogen-bond acceptors (Lipinski definition) is 1. The molecule has 0 aliphatic carbocycles. The Hall–Kier alpha value is -2.42. The molecule has 1 aromatic heterocycles. The molecule has 3 aromatic rings. The quantitative estimate of drug-likeness (QED) is 0.674. The van der Waals surface area contributed by atoms with Crippen LogP contribution in [0.2, 0.25) is 0 Å². The highest BCUT2D eigenvalue weighted by atomic mass is 19.1. The molecule has 3 rings (SSSR count). The van der Waals surface area contributed by atoms with E-state index in [0.717, 1.165) is 17.1 Å². The lowest BCUT2D eigenvalue weighted by molar-refractivity contribution is 0.627. The molecule has 94 valence electrons. The van der Waals surface area contributed by atoms with Crippen molar-refractivity contribution < 1.29 is 4.39 Å². The monoisotopic (exact) mass is 252 g/mol. The molecule has 2 nitrogen and oxygen atoms in total. The summed E-state index contributed by atoms with van der Waals surface area (Å²) in [6.07, 6.45) is 3.63. The Morgan fingerprint density at radius 2 is 1.63 bits per heavy atom. The minimum absolute atomic E-state index is 0.235. The molecule has 0 aliphatic heterocycles. The minimum atomic E-state index is -0.235. The summed E-state index contributed by atoms with van der Waals surface area (Å²) in [7, 11) is 0. The van der Waals surface area contributed by atoms with Crippen LogP contribution in [-0.2, 0) is 0 Å². The summed E-state index contributed by atoms with van der Waals surface area (Å²) >= 11 is 0. The molecule has 0 atom stereocenters. The number of hydrogen-bond donors (Lipinski definition) is 0. The van der Waals surface area contributed by atoms with E-state index in [2.05, 4.69) is 24.0 Å². The molecule has 0 saturated carbocycles. The van der Waals surface area contributed by atoms with E-state index in [1.165, 1.54) is 17.7 Å². The second-order valence-electron chi connectivity index (χ2n) is 4.46. The molecule has 0 fully saturated rings. The van der Waals surface area contributed by atoms with Gasteiger partial charge in [0.15, 0.2) is 0 Å². The Balaban J connectivity index is 2.07. The lowest BCUT2D eigenvalue weighted by atomic mass is 10.1. The second-order valence-corrected chi connectivity index (χ2v) is 4.46. The Morgan fingerprint density at radius 3 is 2.32 bits per heavy atom. The summed E-state index contributed by atoms with van der Waals surface area (Å²) in [5.74, 6) is 0.618. The zero-order chi connectivity index (χ0) is 13.2. The first-order valence-corrected chi connectivity index (χ1v) is 6.10. The van der Waals surface area contributed by atoms with Crippen molar-refractivity contribution in [2.24, 2.45) is 0 Å². The van der Waals surface area contributed by atoms with Crippen LogP contribution in [0.4, 0.5) is 4.39 Å². The topological polar surface area (TPSA) is 17.8 Å².